The number of rotatable bonds is 6. The van der Waals surface area contributed by atoms with Gasteiger partial charge in [0.1, 0.15) is 23.9 Å². The summed E-state index contributed by atoms with van der Waals surface area (Å²) >= 11 is 0. The van der Waals surface area contributed by atoms with E-state index in [0.29, 0.717) is 13.0 Å². The topological polar surface area (TPSA) is 91.8 Å². The molecular formula is C19H32N2O6Si. The molecule has 0 aliphatic carbocycles. The lowest BCUT2D eigenvalue weighted by Crippen LogP contribution is -2.54. The zero-order valence-electron chi connectivity index (χ0n) is 17.8. The summed E-state index contributed by atoms with van der Waals surface area (Å²) in [5, 5.41) is 0.0189. The predicted octanol–water partition coefficient (Wildman–Crippen LogP) is 2.02. The van der Waals surface area contributed by atoms with Crippen molar-refractivity contribution in [1.82, 2.24) is 9.55 Å². The quantitative estimate of drug-likeness (QED) is 0.719. The lowest BCUT2D eigenvalue weighted by atomic mass is 9.90. The van der Waals surface area contributed by atoms with Crippen LogP contribution in [0, 0.1) is 0 Å². The maximum atomic E-state index is 12.4. The zero-order valence-corrected chi connectivity index (χ0v) is 18.8. The van der Waals surface area contributed by atoms with Crippen molar-refractivity contribution in [2.24, 2.45) is 0 Å². The Balaban J connectivity index is 2.02. The van der Waals surface area contributed by atoms with Crippen LogP contribution >= 0.6 is 0 Å². The number of methoxy groups -OCH3 is 1. The molecule has 2 fully saturated rings. The van der Waals surface area contributed by atoms with Crippen molar-refractivity contribution in [3.8, 4) is 0 Å². The fraction of sp³-hybridized carbons (Fsp3) is 0.789. The molecule has 3 rings (SSSR count). The summed E-state index contributed by atoms with van der Waals surface area (Å²) in [6.07, 6.45) is 0.392. The van der Waals surface area contributed by atoms with E-state index >= 15 is 0 Å². The van der Waals surface area contributed by atoms with Gasteiger partial charge in [0.25, 0.3) is 5.56 Å². The van der Waals surface area contributed by atoms with E-state index in [1.54, 1.807) is 7.11 Å². The monoisotopic (exact) mass is 412 g/mol. The van der Waals surface area contributed by atoms with E-state index in [0.717, 1.165) is 0 Å². The molecule has 0 spiro atoms. The first-order valence-electron chi connectivity index (χ1n) is 9.78. The van der Waals surface area contributed by atoms with E-state index in [-0.39, 0.29) is 17.2 Å². The van der Waals surface area contributed by atoms with Gasteiger partial charge in [-0.1, -0.05) is 27.7 Å². The number of H-pyrrole nitrogens is 1. The molecule has 1 N–H and O–H groups in total. The van der Waals surface area contributed by atoms with E-state index in [1.165, 1.54) is 16.8 Å². The second-order valence-corrected chi connectivity index (χ2v) is 13.9. The van der Waals surface area contributed by atoms with E-state index < -0.39 is 37.5 Å². The van der Waals surface area contributed by atoms with Crippen LogP contribution in [0.25, 0.3) is 0 Å². The van der Waals surface area contributed by atoms with Gasteiger partial charge in [-0.2, -0.15) is 0 Å². The van der Waals surface area contributed by atoms with Gasteiger partial charge in [-0.25, -0.2) is 4.79 Å². The highest BCUT2D eigenvalue weighted by Crippen LogP contribution is 2.53. The van der Waals surface area contributed by atoms with E-state index in [4.69, 9.17) is 18.6 Å². The average Bonchev–Trinajstić information content (AvgIpc) is 3.03. The van der Waals surface area contributed by atoms with E-state index in [2.05, 4.69) is 38.8 Å². The normalized spacial score (nSPS) is 32.8. The Morgan fingerprint density at radius 1 is 1.32 bits per heavy atom. The fourth-order valence-corrected chi connectivity index (χ4v) is 5.16. The fourth-order valence-electron chi connectivity index (χ4n) is 3.84. The number of hydrogen-bond acceptors (Lipinski definition) is 6. The van der Waals surface area contributed by atoms with Gasteiger partial charge >= 0.3 is 5.69 Å². The Labute approximate surface area is 166 Å². The van der Waals surface area contributed by atoms with Gasteiger partial charge < -0.3 is 18.6 Å². The highest BCUT2D eigenvalue weighted by atomic mass is 28.4. The highest BCUT2D eigenvalue weighted by Gasteiger charge is 2.68. The maximum absolute atomic E-state index is 12.4. The SMILES string of the molecule is CC[C@]12O[C@@H](n3ccc(=O)[nH]c3=O)[C@H](O[C@H]1COC)[C@@H]2O[Si](C)(C)C(C)(C)C. The number of nitrogens with zero attached hydrogens (tertiary/aromatic N) is 1. The maximum Gasteiger partial charge on any atom is 0.330 e. The summed E-state index contributed by atoms with van der Waals surface area (Å²) in [4.78, 5) is 26.1. The number of aromatic amines is 1. The first-order chi connectivity index (χ1) is 13.0. The van der Waals surface area contributed by atoms with Crippen LogP contribution in [0.1, 0.15) is 40.3 Å². The molecule has 158 valence electrons. The van der Waals surface area contributed by atoms with Crippen LogP contribution in [0.5, 0.6) is 0 Å². The van der Waals surface area contributed by atoms with E-state index in [9.17, 15) is 9.59 Å². The van der Waals surface area contributed by atoms with Gasteiger partial charge in [0, 0.05) is 19.4 Å². The molecule has 2 aliphatic heterocycles. The molecule has 3 heterocycles. The third kappa shape index (κ3) is 3.33. The second-order valence-electron chi connectivity index (χ2n) is 9.18. The first-order valence-corrected chi connectivity index (χ1v) is 12.7. The van der Waals surface area contributed by atoms with Crippen LogP contribution in [0.2, 0.25) is 18.1 Å². The zero-order chi connectivity index (χ0) is 20.9. The standard InChI is InChI=1S/C19H32N2O6Si/c1-8-19-12(11-24-5)25-14(15(19)27-28(6,7)18(2,3)4)16(26-19)21-10-9-13(22)20-17(21)23/h9-10,12,14-16H,8,11H2,1-7H3,(H,20,22,23)/t12-,14+,15-,16+,19-/m0/s1. The Bertz CT molecular complexity index is 829. The third-order valence-electron chi connectivity index (χ3n) is 6.49. The molecule has 2 aliphatic rings. The summed E-state index contributed by atoms with van der Waals surface area (Å²) in [6, 6.07) is 1.31. The molecule has 0 saturated carbocycles. The summed E-state index contributed by atoms with van der Waals surface area (Å²) in [6.45, 7) is 13.4. The van der Waals surface area contributed by atoms with Gasteiger partial charge in [-0.05, 0) is 24.6 Å². The Kier molecular flexibility index (Phi) is 5.52. The van der Waals surface area contributed by atoms with Crippen LogP contribution in [-0.2, 0) is 18.6 Å². The summed E-state index contributed by atoms with van der Waals surface area (Å²) in [5.41, 5.74) is -1.67. The molecule has 0 radical (unpaired) electrons. The van der Waals surface area contributed by atoms with Crippen molar-refractivity contribution in [3.63, 3.8) is 0 Å². The molecule has 8 nitrogen and oxygen atoms in total. The smallest absolute Gasteiger partial charge is 0.330 e. The Morgan fingerprint density at radius 2 is 2.00 bits per heavy atom. The number of nitrogens with one attached hydrogen (secondary N) is 1. The van der Waals surface area contributed by atoms with Crippen molar-refractivity contribution in [3.05, 3.63) is 33.1 Å². The van der Waals surface area contributed by atoms with Gasteiger partial charge in [-0.3, -0.25) is 14.3 Å². The second kappa shape index (κ2) is 7.21. The van der Waals surface area contributed by atoms with Crippen LogP contribution in [-0.4, -0.2) is 55.5 Å². The minimum atomic E-state index is -2.13. The molecule has 0 aromatic carbocycles. The summed E-state index contributed by atoms with van der Waals surface area (Å²) in [7, 11) is -0.497. The van der Waals surface area contributed by atoms with Gasteiger partial charge in [-0.15, -0.1) is 0 Å². The highest BCUT2D eigenvalue weighted by molar-refractivity contribution is 6.74. The van der Waals surface area contributed by atoms with Gasteiger partial charge in [0.05, 0.1) is 6.61 Å². The van der Waals surface area contributed by atoms with Crippen LogP contribution in [0.3, 0.4) is 0 Å². The van der Waals surface area contributed by atoms with Gasteiger partial charge in [0.2, 0.25) is 0 Å². The third-order valence-corrected chi connectivity index (χ3v) is 10.9. The summed E-state index contributed by atoms with van der Waals surface area (Å²) < 4.78 is 26.3. The average molecular weight is 413 g/mol. The number of ether oxygens (including phenoxy) is 3. The molecule has 1 aromatic heterocycles. The minimum absolute atomic E-state index is 0.0189. The molecule has 2 saturated heterocycles. The Morgan fingerprint density at radius 3 is 2.54 bits per heavy atom. The van der Waals surface area contributed by atoms with Crippen molar-refractivity contribution in [1.29, 1.82) is 0 Å². The largest absolute Gasteiger partial charge is 0.408 e. The molecule has 0 unspecified atom stereocenters. The molecule has 2 bridgehead atoms. The lowest BCUT2D eigenvalue weighted by molar-refractivity contribution is -0.223. The van der Waals surface area contributed by atoms with Crippen LogP contribution in [0.4, 0.5) is 0 Å². The lowest BCUT2D eigenvalue weighted by Gasteiger charge is -2.42. The van der Waals surface area contributed by atoms with Crippen molar-refractivity contribution >= 4 is 8.32 Å². The van der Waals surface area contributed by atoms with Crippen LogP contribution < -0.4 is 11.2 Å². The number of hydrogen-bond donors (Lipinski definition) is 1. The molecule has 1 aromatic rings. The van der Waals surface area contributed by atoms with Crippen molar-refractivity contribution in [2.45, 2.75) is 82.4 Å². The molecule has 5 atom stereocenters. The molecular weight excluding hydrogens is 380 g/mol. The summed E-state index contributed by atoms with van der Waals surface area (Å²) in [5.74, 6) is 0. The molecule has 9 heteroatoms. The number of fused-ring (bicyclic) bond motifs is 2. The number of aromatic nitrogens is 2. The molecule has 0 amide bonds. The first kappa shape index (κ1) is 21.4. The Hall–Kier alpha value is -1.26. The van der Waals surface area contributed by atoms with Gasteiger partial charge in [0.15, 0.2) is 14.5 Å². The van der Waals surface area contributed by atoms with Crippen molar-refractivity contribution < 1.29 is 18.6 Å². The van der Waals surface area contributed by atoms with Crippen molar-refractivity contribution in [2.75, 3.05) is 13.7 Å². The minimum Gasteiger partial charge on any atom is -0.408 e. The molecule has 28 heavy (non-hydrogen) atoms. The van der Waals surface area contributed by atoms with E-state index in [1.807, 2.05) is 6.92 Å². The predicted molar refractivity (Wildman–Crippen MR) is 107 cm³/mol. The van der Waals surface area contributed by atoms with Crippen LogP contribution in [0.15, 0.2) is 21.9 Å².